The van der Waals surface area contributed by atoms with Gasteiger partial charge in [0.1, 0.15) is 22.9 Å². The van der Waals surface area contributed by atoms with Gasteiger partial charge in [0, 0.05) is 11.3 Å². The first-order valence-electron chi connectivity index (χ1n) is 6.58. The lowest BCUT2D eigenvalue weighted by molar-refractivity contribution is 0.0984. The molecule has 7 nitrogen and oxygen atoms in total. The lowest BCUT2D eigenvalue weighted by atomic mass is 9.90. The number of nitrogens with two attached hydrogens (primary N) is 3. The monoisotopic (exact) mass is 302 g/mol. The zero-order chi connectivity index (χ0) is 16.1. The Balaban J connectivity index is 2.17. The summed E-state index contributed by atoms with van der Waals surface area (Å²) in [6, 6.07) is 4.26. The third-order valence-corrected chi connectivity index (χ3v) is 3.74. The maximum absolute atomic E-state index is 14.2. The number of benzene rings is 1. The van der Waals surface area contributed by atoms with Crippen LogP contribution in [0.15, 0.2) is 29.4 Å². The van der Waals surface area contributed by atoms with Gasteiger partial charge in [-0.3, -0.25) is 9.79 Å². The van der Waals surface area contributed by atoms with Crippen LogP contribution in [-0.2, 0) is 12.1 Å². The molecular weight excluding hydrogens is 287 g/mol. The zero-order valence-electron chi connectivity index (χ0n) is 11.9. The number of amidine groups is 1. The van der Waals surface area contributed by atoms with Crippen molar-refractivity contribution < 1.29 is 9.18 Å². The van der Waals surface area contributed by atoms with Crippen molar-refractivity contribution in [2.75, 3.05) is 5.73 Å². The van der Waals surface area contributed by atoms with Crippen LogP contribution in [-0.4, -0.2) is 21.3 Å². The highest BCUT2D eigenvalue weighted by Crippen LogP contribution is 2.34. The summed E-state index contributed by atoms with van der Waals surface area (Å²) in [5.74, 6) is -0.909. The van der Waals surface area contributed by atoms with Gasteiger partial charge < -0.3 is 21.8 Å². The average molecular weight is 302 g/mol. The molecule has 0 saturated heterocycles. The third kappa shape index (κ3) is 2.00. The number of carbonyl (C=O) groups is 1. The molecule has 0 bridgehead atoms. The summed E-state index contributed by atoms with van der Waals surface area (Å²) in [6.45, 7) is 1.90. The number of carbonyl (C=O) groups excluding carboxylic acids is 1. The quantitative estimate of drug-likeness (QED) is 0.691. The Morgan fingerprint density at radius 3 is 2.82 bits per heavy atom. The van der Waals surface area contributed by atoms with Crippen molar-refractivity contribution in [1.82, 2.24) is 9.55 Å². The van der Waals surface area contributed by atoms with E-state index in [-0.39, 0.29) is 18.2 Å². The molecule has 0 radical (unpaired) electrons. The number of aliphatic imine (C=N–C) groups is 1. The van der Waals surface area contributed by atoms with Crippen LogP contribution >= 0.6 is 0 Å². The van der Waals surface area contributed by atoms with Crippen molar-refractivity contribution in [3.63, 3.8) is 0 Å². The smallest absolute Gasteiger partial charge is 0.284 e. The van der Waals surface area contributed by atoms with Crippen molar-refractivity contribution in [2.45, 2.75) is 19.0 Å². The summed E-state index contributed by atoms with van der Waals surface area (Å²) >= 11 is 0. The number of nitrogen functional groups attached to an aromatic ring is 1. The molecule has 1 unspecified atom stereocenters. The fraction of sp³-hybridized carbons (Fsp3) is 0.214. The zero-order valence-corrected chi connectivity index (χ0v) is 11.9. The first-order chi connectivity index (χ1) is 10.3. The Morgan fingerprint density at radius 1 is 1.41 bits per heavy atom. The molecule has 1 amide bonds. The van der Waals surface area contributed by atoms with Gasteiger partial charge in [0.25, 0.3) is 5.91 Å². The predicted octanol–water partition coefficient (Wildman–Crippen LogP) is 0.338. The largest absolute Gasteiger partial charge is 0.399 e. The van der Waals surface area contributed by atoms with Gasteiger partial charge in [-0.15, -0.1) is 0 Å². The highest BCUT2D eigenvalue weighted by molar-refractivity contribution is 5.99. The lowest BCUT2D eigenvalue weighted by Gasteiger charge is -2.32. The van der Waals surface area contributed by atoms with Gasteiger partial charge in [0.15, 0.2) is 5.82 Å². The van der Waals surface area contributed by atoms with Gasteiger partial charge in [-0.25, -0.2) is 9.37 Å². The van der Waals surface area contributed by atoms with Gasteiger partial charge >= 0.3 is 0 Å². The van der Waals surface area contributed by atoms with E-state index in [1.54, 1.807) is 11.5 Å². The molecule has 2 aromatic rings. The summed E-state index contributed by atoms with van der Waals surface area (Å²) in [4.78, 5) is 19.8. The summed E-state index contributed by atoms with van der Waals surface area (Å²) in [5.41, 5.74) is 17.2. The number of hydrogen-bond donors (Lipinski definition) is 3. The van der Waals surface area contributed by atoms with Crippen LogP contribution in [0.5, 0.6) is 0 Å². The van der Waals surface area contributed by atoms with Gasteiger partial charge in [0.05, 0.1) is 12.7 Å². The van der Waals surface area contributed by atoms with E-state index >= 15 is 0 Å². The van der Waals surface area contributed by atoms with Crippen molar-refractivity contribution >= 4 is 17.4 Å². The van der Waals surface area contributed by atoms with Gasteiger partial charge in [-0.2, -0.15) is 0 Å². The van der Waals surface area contributed by atoms with Crippen molar-refractivity contribution in [1.29, 1.82) is 0 Å². The second-order valence-electron chi connectivity index (χ2n) is 5.43. The number of halogens is 1. The Labute approximate surface area is 125 Å². The van der Waals surface area contributed by atoms with Crippen LogP contribution < -0.4 is 17.2 Å². The third-order valence-electron chi connectivity index (χ3n) is 3.74. The van der Waals surface area contributed by atoms with E-state index < -0.39 is 17.3 Å². The number of aromatic nitrogens is 2. The highest BCUT2D eigenvalue weighted by atomic mass is 19.1. The van der Waals surface area contributed by atoms with Crippen LogP contribution in [0.1, 0.15) is 28.8 Å². The van der Waals surface area contributed by atoms with E-state index in [0.717, 1.165) is 0 Å². The van der Waals surface area contributed by atoms with Crippen molar-refractivity contribution in [3.8, 4) is 0 Å². The number of primary amides is 1. The molecule has 8 heteroatoms. The molecule has 114 valence electrons. The summed E-state index contributed by atoms with van der Waals surface area (Å²) in [5, 5.41) is 0. The van der Waals surface area contributed by atoms with Crippen molar-refractivity contribution in [3.05, 3.63) is 47.3 Å². The molecule has 22 heavy (non-hydrogen) atoms. The fourth-order valence-corrected chi connectivity index (χ4v) is 2.70. The highest BCUT2D eigenvalue weighted by Gasteiger charge is 2.36. The fourth-order valence-electron chi connectivity index (χ4n) is 2.70. The van der Waals surface area contributed by atoms with Gasteiger partial charge in [-0.05, 0) is 25.1 Å². The van der Waals surface area contributed by atoms with E-state index in [2.05, 4.69) is 9.98 Å². The van der Waals surface area contributed by atoms with Crippen LogP contribution in [0, 0.1) is 5.82 Å². The minimum atomic E-state index is -1.01. The van der Waals surface area contributed by atoms with E-state index in [1.165, 1.54) is 24.4 Å². The molecule has 1 aromatic carbocycles. The average Bonchev–Trinajstić information content (AvgIpc) is 2.85. The molecule has 0 spiro atoms. The van der Waals surface area contributed by atoms with Crippen LogP contribution in [0.3, 0.4) is 0 Å². The standard InChI is InChI=1S/C14H15FN6O/c1-14(8-4-7(16)2-3-9(8)15)6-21-10(11(17)20-14)5-19-13(21)12(18)22/h2-5H,6,16H2,1H3,(H2,17,20)(H2,18,22). The minimum Gasteiger partial charge on any atom is -0.399 e. The van der Waals surface area contributed by atoms with Crippen LogP contribution in [0.4, 0.5) is 10.1 Å². The van der Waals surface area contributed by atoms with Crippen LogP contribution in [0.2, 0.25) is 0 Å². The number of rotatable bonds is 2. The normalized spacial score (nSPS) is 20.4. The molecule has 0 fully saturated rings. The second kappa shape index (κ2) is 4.55. The number of anilines is 1. The second-order valence-corrected chi connectivity index (χ2v) is 5.43. The number of nitrogens with zero attached hydrogens (tertiary/aromatic N) is 3. The number of imidazole rings is 1. The van der Waals surface area contributed by atoms with Crippen molar-refractivity contribution in [2.24, 2.45) is 16.5 Å². The predicted molar refractivity (Wildman–Crippen MR) is 79.6 cm³/mol. The Morgan fingerprint density at radius 2 is 2.14 bits per heavy atom. The lowest BCUT2D eigenvalue weighted by Crippen LogP contribution is -2.39. The molecular formula is C14H15FN6O. The molecule has 6 N–H and O–H groups in total. The van der Waals surface area contributed by atoms with E-state index in [0.29, 0.717) is 16.9 Å². The molecule has 1 atom stereocenters. The topological polar surface area (TPSA) is 125 Å². The molecule has 3 rings (SSSR count). The van der Waals surface area contributed by atoms with Crippen LogP contribution in [0.25, 0.3) is 0 Å². The molecule has 1 aliphatic rings. The molecule has 2 heterocycles. The molecule has 0 saturated carbocycles. The molecule has 1 aromatic heterocycles. The Kier molecular flexibility index (Phi) is 2.91. The Bertz CT molecular complexity index is 812. The Hall–Kier alpha value is -2.90. The number of amides is 1. The SMILES string of the molecule is CC1(c2cc(N)ccc2F)Cn2c(cnc2C(N)=O)C(N)=N1. The maximum atomic E-state index is 14.2. The maximum Gasteiger partial charge on any atom is 0.284 e. The van der Waals surface area contributed by atoms with E-state index in [9.17, 15) is 9.18 Å². The first-order valence-corrected chi connectivity index (χ1v) is 6.58. The van der Waals surface area contributed by atoms with Gasteiger partial charge in [0.2, 0.25) is 0 Å². The van der Waals surface area contributed by atoms with E-state index in [4.69, 9.17) is 17.2 Å². The summed E-state index contributed by atoms with van der Waals surface area (Å²) in [7, 11) is 0. The molecule has 0 aliphatic carbocycles. The minimum absolute atomic E-state index is 0.0587. The van der Waals surface area contributed by atoms with E-state index in [1.807, 2.05) is 0 Å². The molecule has 1 aliphatic heterocycles. The number of fused-ring (bicyclic) bond motifs is 1. The summed E-state index contributed by atoms with van der Waals surface area (Å²) in [6.07, 6.45) is 1.42. The number of hydrogen-bond acceptors (Lipinski definition) is 5. The van der Waals surface area contributed by atoms with Gasteiger partial charge in [-0.1, -0.05) is 0 Å². The summed E-state index contributed by atoms with van der Waals surface area (Å²) < 4.78 is 15.8. The first kappa shape index (κ1) is 14.1.